The number of rotatable bonds is 5. The first-order valence-corrected chi connectivity index (χ1v) is 8.43. The summed E-state index contributed by atoms with van der Waals surface area (Å²) in [6.45, 7) is 2.06. The average Bonchev–Trinajstić information content (AvgIpc) is 2.96. The van der Waals surface area contributed by atoms with Gasteiger partial charge in [-0.15, -0.1) is 10.2 Å². The highest BCUT2D eigenvalue weighted by molar-refractivity contribution is 7.99. The van der Waals surface area contributed by atoms with Crippen molar-refractivity contribution in [3.8, 4) is 17.1 Å². The fourth-order valence-electron chi connectivity index (χ4n) is 2.44. The summed E-state index contributed by atoms with van der Waals surface area (Å²) in [6.07, 6.45) is 0. The average molecular weight is 343 g/mol. The fraction of sp³-hybridized carbons (Fsp3) is 0.222. The van der Waals surface area contributed by atoms with Crippen molar-refractivity contribution in [2.24, 2.45) is 7.05 Å². The van der Waals surface area contributed by atoms with Crippen molar-refractivity contribution in [2.45, 2.75) is 17.3 Å². The molecule has 0 fully saturated rings. The van der Waals surface area contributed by atoms with E-state index in [1.165, 1.54) is 12.1 Å². The van der Waals surface area contributed by atoms with Gasteiger partial charge in [-0.2, -0.15) is 0 Å². The molecule has 4 nitrogen and oxygen atoms in total. The molecule has 0 spiro atoms. The summed E-state index contributed by atoms with van der Waals surface area (Å²) in [5, 5.41) is 9.54. The zero-order valence-electron chi connectivity index (χ0n) is 13.7. The van der Waals surface area contributed by atoms with Gasteiger partial charge in [0.15, 0.2) is 11.0 Å². The van der Waals surface area contributed by atoms with Crippen LogP contribution in [0.15, 0.2) is 53.7 Å². The summed E-state index contributed by atoms with van der Waals surface area (Å²) in [6, 6.07) is 14.3. The molecule has 2 aromatic carbocycles. The third kappa shape index (κ3) is 3.28. The lowest BCUT2D eigenvalue weighted by molar-refractivity contribution is 0.416. The van der Waals surface area contributed by atoms with Crippen LogP contribution < -0.4 is 4.74 Å². The van der Waals surface area contributed by atoms with Gasteiger partial charge < -0.3 is 9.30 Å². The minimum absolute atomic E-state index is 0.138. The van der Waals surface area contributed by atoms with Crippen LogP contribution >= 0.6 is 11.8 Å². The molecule has 0 radical (unpaired) electrons. The summed E-state index contributed by atoms with van der Waals surface area (Å²) in [5.41, 5.74) is 1.94. The Morgan fingerprint density at radius 1 is 1.08 bits per heavy atom. The minimum atomic E-state index is -0.229. The normalized spacial score (nSPS) is 12.2. The molecule has 0 saturated heterocycles. The molecule has 1 unspecified atom stereocenters. The second kappa shape index (κ2) is 7.05. The highest BCUT2D eigenvalue weighted by atomic mass is 32.2. The molecule has 1 atom stereocenters. The molecule has 0 saturated carbocycles. The standard InChI is InChI=1S/C18H18FN3OS/c1-12(13-8-10-14(19)11-9-13)24-18-21-20-17(22(18)2)15-6-4-5-7-16(15)23-3/h4-12H,1-3H3. The Hall–Kier alpha value is -2.34. The molecule has 0 aliphatic carbocycles. The molecule has 1 heterocycles. The van der Waals surface area contributed by atoms with E-state index in [4.69, 9.17) is 4.74 Å². The smallest absolute Gasteiger partial charge is 0.191 e. The lowest BCUT2D eigenvalue weighted by Gasteiger charge is -2.12. The maximum Gasteiger partial charge on any atom is 0.191 e. The molecule has 0 aliphatic heterocycles. The number of hydrogen-bond acceptors (Lipinski definition) is 4. The Balaban J connectivity index is 1.86. The molecular weight excluding hydrogens is 325 g/mol. The Morgan fingerprint density at radius 3 is 2.50 bits per heavy atom. The Labute approximate surface area is 144 Å². The molecule has 3 aromatic rings. The number of para-hydroxylation sites is 1. The minimum Gasteiger partial charge on any atom is -0.496 e. The summed E-state index contributed by atoms with van der Waals surface area (Å²) >= 11 is 1.58. The third-order valence-corrected chi connectivity index (χ3v) is 5.00. The number of benzene rings is 2. The highest BCUT2D eigenvalue weighted by Gasteiger charge is 2.17. The van der Waals surface area contributed by atoms with Gasteiger partial charge in [0, 0.05) is 12.3 Å². The largest absolute Gasteiger partial charge is 0.496 e. The second-order valence-electron chi connectivity index (χ2n) is 5.38. The van der Waals surface area contributed by atoms with E-state index in [0.717, 1.165) is 27.9 Å². The SMILES string of the molecule is COc1ccccc1-c1nnc(SC(C)c2ccc(F)cc2)n1C. The first-order valence-electron chi connectivity index (χ1n) is 7.55. The number of ether oxygens (including phenoxy) is 1. The Morgan fingerprint density at radius 2 is 1.79 bits per heavy atom. The molecule has 3 rings (SSSR count). The topological polar surface area (TPSA) is 39.9 Å². The van der Waals surface area contributed by atoms with E-state index in [1.54, 1.807) is 31.0 Å². The van der Waals surface area contributed by atoms with E-state index >= 15 is 0 Å². The van der Waals surface area contributed by atoms with E-state index < -0.39 is 0 Å². The van der Waals surface area contributed by atoms with Crippen LogP contribution in [0, 0.1) is 5.82 Å². The van der Waals surface area contributed by atoms with Crippen molar-refractivity contribution < 1.29 is 9.13 Å². The molecule has 124 valence electrons. The lowest BCUT2D eigenvalue weighted by Crippen LogP contribution is -1.98. The number of hydrogen-bond donors (Lipinski definition) is 0. The van der Waals surface area contributed by atoms with Crippen molar-refractivity contribution in [3.63, 3.8) is 0 Å². The number of methoxy groups -OCH3 is 1. The van der Waals surface area contributed by atoms with Gasteiger partial charge in [-0.25, -0.2) is 4.39 Å². The van der Waals surface area contributed by atoms with Crippen LogP contribution in [0.4, 0.5) is 4.39 Å². The van der Waals surface area contributed by atoms with Gasteiger partial charge in [-0.3, -0.25) is 0 Å². The van der Waals surface area contributed by atoms with Crippen molar-refractivity contribution >= 4 is 11.8 Å². The van der Waals surface area contributed by atoms with Crippen LogP contribution in [-0.4, -0.2) is 21.9 Å². The monoisotopic (exact) mass is 343 g/mol. The molecule has 0 aliphatic rings. The number of aromatic nitrogens is 3. The summed E-state index contributed by atoms with van der Waals surface area (Å²) in [7, 11) is 3.57. The van der Waals surface area contributed by atoms with Crippen LogP contribution in [0.1, 0.15) is 17.7 Å². The maximum absolute atomic E-state index is 13.1. The first kappa shape index (κ1) is 16.5. The third-order valence-electron chi connectivity index (χ3n) is 3.80. The molecule has 24 heavy (non-hydrogen) atoms. The highest BCUT2D eigenvalue weighted by Crippen LogP contribution is 2.36. The van der Waals surface area contributed by atoms with E-state index in [2.05, 4.69) is 17.1 Å². The van der Waals surface area contributed by atoms with Crippen molar-refractivity contribution in [3.05, 3.63) is 59.9 Å². The number of nitrogens with zero attached hydrogens (tertiary/aromatic N) is 3. The van der Waals surface area contributed by atoms with E-state index in [0.29, 0.717) is 0 Å². The van der Waals surface area contributed by atoms with Crippen LogP contribution in [0.2, 0.25) is 0 Å². The lowest BCUT2D eigenvalue weighted by atomic mass is 10.2. The van der Waals surface area contributed by atoms with Gasteiger partial charge in [-0.05, 0) is 36.8 Å². The molecule has 6 heteroatoms. The molecule has 1 aromatic heterocycles. The summed E-state index contributed by atoms with van der Waals surface area (Å²) < 4.78 is 20.4. The quantitative estimate of drug-likeness (QED) is 0.640. The number of thioether (sulfide) groups is 1. The van der Waals surface area contributed by atoms with E-state index in [1.807, 2.05) is 35.9 Å². The van der Waals surface area contributed by atoms with Gasteiger partial charge >= 0.3 is 0 Å². The maximum atomic E-state index is 13.1. The fourth-order valence-corrected chi connectivity index (χ4v) is 3.38. The van der Waals surface area contributed by atoms with Crippen LogP contribution in [0.5, 0.6) is 5.75 Å². The predicted molar refractivity (Wildman–Crippen MR) is 93.7 cm³/mol. The van der Waals surface area contributed by atoms with Gasteiger partial charge in [0.1, 0.15) is 11.6 Å². The van der Waals surface area contributed by atoms with Crippen molar-refractivity contribution in [1.29, 1.82) is 0 Å². The summed E-state index contributed by atoms with van der Waals surface area (Å²) in [5.74, 6) is 1.28. The summed E-state index contributed by atoms with van der Waals surface area (Å²) in [4.78, 5) is 0. The molecular formula is C18H18FN3OS. The second-order valence-corrected chi connectivity index (χ2v) is 6.69. The first-order chi connectivity index (χ1) is 11.6. The van der Waals surface area contributed by atoms with Gasteiger partial charge in [0.2, 0.25) is 0 Å². The van der Waals surface area contributed by atoms with E-state index in [-0.39, 0.29) is 11.1 Å². The van der Waals surface area contributed by atoms with Gasteiger partial charge in [0.25, 0.3) is 0 Å². The van der Waals surface area contributed by atoms with Crippen LogP contribution in [0.25, 0.3) is 11.4 Å². The predicted octanol–water partition coefficient (Wildman–Crippen LogP) is 4.48. The zero-order valence-corrected chi connectivity index (χ0v) is 14.5. The molecule has 0 amide bonds. The molecule has 0 N–H and O–H groups in total. The number of halogens is 1. The van der Waals surface area contributed by atoms with Gasteiger partial charge in [-0.1, -0.05) is 36.0 Å². The Bertz CT molecular complexity index is 833. The Kier molecular flexibility index (Phi) is 4.85. The van der Waals surface area contributed by atoms with Crippen LogP contribution in [0.3, 0.4) is 0 Å². The van der Waals surface area contributed by atoms with Crippen LogP contribution in [-0.2, 0) is 7.05 Å². The zero-order chi connectivity index (χ0) is 17.1. The van der Waals surface area contributed by atoms with Crippen molar-refractivity contribution in [2.75, 3.05) is 7.11 Å². The van der Waals surface area contributed by atoms with Crippen molar-refractivity contribution in [1.82, 2.24) is 14.8 Å². The van der Waals surface area contributed by atoms with E-state index in [9.17, 15) is 4.39 Å². The molecule has 0 bridgehead atoms. The van der Waals surface area contributed by atoms with Gasteiger partial charge in [0.05, 0.1) is 12.7 Å².